The molecule has 0 aliphatic carbocycles. The van der Waals surface area contributed by atoms with Crippen molar-refractivity contribution in [1.29, 1.82) is 0 Å². The lowest BCUT2D eigenvalue weighted by Gasteiger charge is -2.39. The van der Waals surface area contributed by atoms with Gasteiger partial charge in [0.05, 0.1) is 18.3 Å². The maximum absolute atomic E-state index is 14.0. The number of imidazole rings is 1. The van der Waals surface area contributed by atoms with Gasteiger partial charge in [0.1, 0.15) is 11.6 Å². The Morgan fingerprint density at radius 2 is 2.00 bits per heavy atom. The molecule has 2 aliphatic heterocycles. The van der Waals surface area contributed by atoms with Gasteiger partial charge in [-0.2, -0.15) is 0 Å². The van der Waals surface area contributed by atoms with E-state index in [4.69, 9.17) is 0 Å². The van der Waals surface area contributed by atoms with Gasteiger partial charge < -0.3 is 19.7 Å². The lowest BCUT2D eigenvalue weighted by molar-refractivity contribution is -0.133. The summed E-state index contributed by atoms with van der Waals surface area (Å²) >= 11 is 0. The number of aromatic nitrogens is 2. The lowest BCUT2D eigenvalue weighted by Crippen LogP contribution is -2.54. The van der Waals surface area contributed by atoms with Gasteiger partial charge >= 0.3 is 0 Å². The van der Waals surface area contributed by atoms with Crippen LogP contribution in [0.5, 0.6) is 0 Å². The van der Waals surface area contributed by atoms with Crippen molar-refractivity contribution >= 4 is 11.6 Å². The average molecular weight is 386 g/mol. The molecule has 2 fully saturated rings. The third kappa shape index (κ3) is 3.88. The smallest absolute Gasteiger partial charge is 0.236 e. The van der Waals surface area contributed by atoms with Crippen molar-refractivity contribution < 1.29 is 9.18 Å². The highest BCUT2D eigenvalue weighted by Crippen LogP contribution is 2.22. The summed E-state index contributed by atoms with van der Waals surface area (Å²) in [6.07, 6.45) is 3.73. The molecular weight excluding hydrogens is 359 g/mol. The Labute approximate surface area is 164 Å². The summed E-state index contributed by atoms with van der Waals surface area (Å²) < 4.78 is 16.0. The molecule has 4 rings (SSSR count). The van der Waals surface area contributed by atoms with Gasteiger partial charge in [0.25, 0.3) is 0 Å². The van der Waals surface area contributed by atoms with Crippen LogP contribution in [0.4, 0.5) is 10.1 Å². The van der Waals surface area contributed by atoms with Crippen molar-refractivity contribution in [2.24, 2.45) is 7.05 Å². The normalized spacial score (nSPS) is 21.1. The minimum absolute atomic E-state index is 0.0948. The minimum Gasteiger partial charge on any atom is -0.366 e. The van der Waals surface area contributed by atoms with Crippen molar-refractivity contribution in [2.45, 2.75) is 6.04 Å². The highest BCUT2D eigenvalue weighted by atomic mass is 19.1. The number of amides is 1. The molecule has 1 aromatic heterocycles. The molecule has 1 unspecified atom stereocenters. The number of nitrogens with one attached hydrogen (secondary N) is 1. The SMILES string of the molecule is Cn1ccnc1C1CNCCN1CC(=O)N1CCN(c2ccccc2F)CC1. The molecule has 2 aromatic rings. The first kappa shape index (κ1) is 18.9. The third-order valence-electron chi connectivity index (χ3n) is 5.67. The standard InChI is InChI=1S/C20H27FN6O/c1-24-8-7-23-20(24)18-14-22-6-9-27(18)15-19(28)26-12-10-25(11-13-26)17-5-3-2-4-16(17)21/h2-5,7-8,18,22H,6,9-15H2,1H3. The molecule has 2 saturated heterocycles. The number of hydrogen-bond donors (Lipinski definition) is 1. The molecule has 0 bridgehead atoms. The number of nitrogens with zero attached hydrogens (tertiary/aromatic N) is 5. The Bertz CT molecular complexity index is 817. The number of benzene rings is 1. The monoisotopic (exact) mass is 386 g/mol. The van der Waals surface area contributed by atoms with Crippen molar-refractivity contribution in [2.75, 3.05) is 57.3 Å². The molecule has 2 aliphatic rings. The molecular formula is C20H27FN6O. The summed E-state index contributed by atoms with van der Waals surface area (Å²) in [5.74, 6) is 0.902. The minimum atomic E-state index is -0.207. The van der Waals surface area contributed by atoms with Crippen LogP contribution in [0, 0.1) is 5.82 Å². The van der Waals surface area contributed by atoms with E-state index in [0.29, 0.717) is 38.4 Å². The molecule has 1 amide bonds. The summed E-state index contributed by atoms with van der Waals surface area (Å²) in [5, 5.41) is 3.40. The van der Waals surface area contributed by atoms with E-state index in [-0.39, 0.29) is 17.8 Å². The Balaban J connectivity index is 1.36. The number of anilines is 1. The van der Waals surface area contributed by atoms with Gasteiger partial charge in [0, 0.05) is 65.3 Å². The van der Waals surface area contributed by atoms with Crippen molar-refractivity contribution in [3.8, 4) is 0 Å². The largest absolute Gasteiger partial charge is 0.366 e. The fraction of sp³-hybridized carbons (Fsp3) is 0.500. The summed E-state index contributed by atoms with van der Waals surface area (Å²) in [4.78, 5) is 23.5. The second-order valence-corrected chi connectivity index (χ2v) is 7.41. The van der Waals surface area contributed by atoms with E-state index in [1.54, 1.807) is 18.3 Å². The van der Waals surface area contributed by atoms with E-state index >= 15 is 0 Å². The quantitative estimate of drug-likeness (QED) is 0.845. The first-order chi connectivity index (χ1) is 13.6. The van der Waals surface area contributed by atoms with E-state index in [1.807, 2.05) is 33.7 Å². The van der Waals surface area contributed by atoms with Gasteiger partial charge in [-0.05, 0) is 12.1 Å². The first-order valence-electron chi connectivity index (χ1n) is 9.82. The van der Waals surface area contributed by atoms with Gasteiger partial charge in [-0.3, -0.25) is 9.69 Å². The summed E-state index contributed by atoms with van der Waals surface area (Å²) in [5.41, 5.74) is 0.617. The van der Waals surface area contributed by atoms with Crippen LogP contribution in [0.3, 0.4) is 0 Å². The van der Waals surface area contributed by atoms with Crippen molar-refractivity contribution in [1.82, 2.24) is 24.7 Å². The molecule has 28 heavy (non-hydrogen) atoms. The van der Waals surface area contributed by atoms with E-state index < -0.39 is 0 Å². The summed E-state index contributed by atoms with van der Waals surface area (Å²) in [7, 11) is 1.98. The van der Waals surface area contributed by atoms with Crippen LogP contribution in [0.1, 0.15) is 11.9 Å². The molecule has 8 heteroatoms. The average Bonchev–Trinajstić information content (AvgIpc) is 3.15. The van der Waals surface area contributed by atoms with Gasteiger partial charge in [0.15, 0.2) is 0 Å². The Morgan fingerprint density at radius 1 is 1.21 bits per heavy atom. The van der Waals surface area contributed by atoms with Crippen LogP contribution < -0.4 is 10.2 Å². The maximum Gasteiger partial charge on any atom is 0.236 e. The molecule has 1 atom stereocenters. The highest BCUT2D eigenvalue weighted by molar-refractivity contribution is 5.78. The van der Waals surface area contributed by atoms with Crippen LogP contribution in [0.2, 0.25) is 0 Å². The maximum atomic E-state index is 14.0. The summed E-state index contributed by atoms with van der Waals surface area (Å²) in [6.45, 7) is 5.40. The van der Waals surface area contributed by atoms with Crippen LogP contribution >= 0.6 is 0 Å². The van der Waals surface area contributed by atoms with Gasteiger partial charge in [-0.1, -0.05) is 12.1 Å². The topological polar surface area (TPSA) is 56.6 Å². The highest BCUT2D eigenvalue weighted by Gasteiger charge is 2.30. The van der Waals surface area contributed by atoms with E-state index in [0.717, 1.165) is 25.5 Å². The molecule has 1 aromatic carbocycles. The van der Waals surface area contributed by atoms with Crippen LogP contribution in [0.25, 0.3) is 0 Å². The zero-order valence-electron chi connectivity index (χ0n) is 16.2. The molecule has 0 saturated carbocycles. The molecule has 3 heterocycles. The van der Waals surface area contributed by atoms with Crippen molar-refractivity contribution in [3.63, 3.8) is 0 Å². The Morgan fingerprint density at radius 3 is 2.71 bits per heavy atom. The lowest BCUT2D eigenvalue weighted by atomic mass is 10.1. The van der Waals surface area contributed by atoms with E-state index in [1.165, 1.54) is 6.07 Å². The van der Waals surface area contributed by atoms with Gasteiger partial charge in [0.2, 0.25) is 5.91 Å². The Kier molecular flexibility index (Phi) is 5.59. The fourth-order valence-corrected chi connectivity index (χ4v) is 4.07. The number of carbonyl (C=O) groups excluding carboxylic acids is 1. The molecule has 1 N–H and O–H groups in total. The number of carbonyl (C=O) groups is 1. The van der Waals surface area contributed by atoms with Gasteiger partial charge in [-0.15, -0.1) is 0 Å². The predicted molar refractivity (Wildman–Crippen MR) is 106 cm³/mol. The van der Waals surface area contributed by atoms with Crippen molar-refractivity contribution in [3.05, 3.63) is 48.3 Å². The number of halogens is 1. The third-order valence-corrected chi connectivity index (χ3v) is 5.67. The van der Waals surface area contributed by atoms with E-state index in [2.05, 4.69) is 15.2 Å². The zero-order valence-corrected chi connectivity index (χ0v) is 16.2. The molecule has 7 nitrogen and oxygen atoms in total. The number of hydrogen-bond acceptors (Lipinski definition) is 5. The Hall–Kier alpha value is -2.45. The zero-order chi connectivity index (χ0) is 19.5. The van der Waals surface area contributed by atoms with Crippen LogP contribution in [-0.2, 0) is 11.8 Å². The number of para-hydroxylation sites is 1. The van der Waals surface area contributed by atoms with E-state index in [9.17, 15) is 9.18 Å². The second kappa shape index (κ2) is 8.28. The summed E-state index contributed by atoms with van der Waals surface area (Å²) in [6, 6.07) is 6.92. The number of piperazine rings is 2. The second-order valence-electron chi connectivity index (χ2n) is 7.41. The van der Waals surface area contributed by atoms with Crippen LogP contribution in [0.15, 0.2) is 36.7 Å². The first-order valence-corrected chi connectivity index (χ1v) is 9.82. The molecule has 0 radical (unpaired) electrons. The predicted octanol–water partition coefficient (Wildman–Crippen LogP) is 0.854. The van der Waals surface area contributed by atoms with Gasteiger partial charge in [-0.25, -0.2) is 9.37 Å². The fourth-order valence-electron chi connectivity index (χ4n) is 4.07. The van der Waals surface area contributed by atoms with Crippen LogP contribution in [-0.4, -0.2) is 77.6 Å². The number of aryl methyl sites for hydroxylation is 1. The number of rotatable bonds is 4. The molecule has 0 spiro atoms. The molecule has 150 valence electrons.